The van der Waals surface area contributed by atoms with Crippen LogP contribution in [0, 0.1) is 0 Å². The van der Waals surface area contributed by atoms with Crippen molar-refractivity contribution in [3.05, 3.63) is 381 Å². The molecule has 8 heterocycles. The van der Waals surface area contributed by atoms with Gasteiger partial charge in [-0.05, 0) is 68.8 Å². The predicted molar refractivity (Wildman–Crippen MR) is 516 cm³/mol. The molecule has 672 valence electrons. The Balaban J connectivity index is 0.856. The molecule has 4 bridgehead atoms. The average molecular weight is 1760 g/mol. The molecular weight excluding hydrogens is 1650 g/mol. The average Bonchev–Trinajstić information content (AvgIpc) is 0.761. The lowest BCUT2D eigenvalue weighted by Gasteiger charge is -2.39. The molecule has 10 aromatic rings. The summed E-state index contributed by atoms with van der Waals surface area (Å²) in [5, 5.41) is 3.28. The number of anilines is 4. The molecule has 0 aromatic heterocycles. The zero-order valence-electron chi connectivity index (χ0n) is 74.6. The number of hydrogen-bond donors (Lipinski definition) is 0. The van der Waals surface area contributed by atoms with E-state index >= 15 is 38.4 Å². The summed E-state index contributed by atoms with van der Waals surface area (Å²) in [5.41, 5.74) is 9.81. The van der Waals surface area contributed by atoms with Gasteiger partial charge in [0.2, 0.25) is 47.3 Å². The van der Waals surface area contributed by atoms with Crippen LogP contribution in [-0.2, 0) is 90.7 Å². The fraction of sp³-hybridized carbons (Fsp3) is 0.259. The van der Waals surface area contributed by atoms with Crippen molar-refractivity contribution in [1.82, 2.24) is 58.8 Å². The highest BCUT2D eigenvalue weighted by atomic mass is 16.2. The molecule has 24 nitrogen and oxygen atoms in total. The van der Waals surface area contributed by atoms with Crippen LogP contribution in [0.4, 0.5) is 22.7 Å². The van der Waals surface area contributed by atoms with Crippen LogP contribution < -0.4 is 40.5 Å². The van der Waals surface area contributed by atoms with E-state index < -0.39 is 0 Å². The molecule has 0 unspecified atom stereocenters. The van der Waals surface area contributed by atoms with Crippen molar-refractivity contribution in [2.24, 2.45) is 0 Å². The Labute approximate surface area is 771 Å². The Kier molecular flexibility index (Phi) is 29.3. The number of amides is 8. The van der Waals surface area contributed by atoms with E-state index in [9.17, 15) is 0 Å². The van der Waals surface area contributed by atoms with Crippen molar-refractivity contribution >= 4 is 94.3 Å². The highest BCUT2D eigenvalue weighted by Crippen LogP contribution is 2.31. The number of carbonyl (C=O) groups is 8. The van der Waals surface area contributed by atoms with Crippen LogP contribution in [0.3, 0.4) is 0 Å². The van der Waals surface area contributed by atoms with Gasteiger partial charge in [-0.1, -0.05) is 291 Å². The molecule has 0 aliphatic carbocycles. The molecule has 10 aromatic carbocycles. The van der Waals surface area contributed by atoms with Gasteiger partial charge in [-0.25, -0.2) is 0 Å². The minimum absolute atomic E-state index is 0.00600. The van der Waals surface area contributed by atoms with Crippen LogP contribution in [0.25, 0.3) is 24.3 Å². The molecule has 0 saturated carbocycles. The largest absolute Gasteiger partial charge is 0.335 e. The first-order valence-corrected chi connectivity index (χ1v) is 45.6. The zero-order valence-corrected chi connectivity index (χ0v) is 74.6. The summed E-state index contributed by atoms with van der Waals surface area (Å²) in [6, 6.07) is 86.5. The molecule has 18 rings (SSSR count). The maximum atomic E-state index is 16.4. The third-order valence-corrected chi connectivity index (χ3v) is 25.1. The summed E-state index contributed by atoms with van der Waals surface area (Å²) in [7, 11) is 0. The molecule has 0 atom stereocenters. The third kappa shape index (κ3) is 23.2. The van der Waals surface area contributed by atoms with Crippen LogP contribution >= 0.6 is 0 Å². The fourth-order valence-electron chi connectivity index (χ4n) is 18.3. The summed E-state index contributed by atoms with van der Waals surface area (Å²) in [6.07, 6.45) is 23.7. The SMILES string of the molecule is O=C1CN2CC(=O)N(Cc3ccccc3)CCN(Cc3ccccc3)C(=O)CN(CC(=O)N(Cc3ccccc3)CCN1Cc1ccccc1)CN1C=CC=c3ccc4c(c31)N(C=CC=4)CN1CC(=O)N(Cc3ccccc3)CCN(Cc3ccccc3)C(=O)CN(CC(=O)N(Cc3ccccc3)CCN(Cc3ccccc3)C(=O)C1)CN1C=CC=c3ccc4c(c31)N(C=CC=4)C2. The van der Waals surface area contributed by atoms with Crippen molar-refractivity contribution in [3.8, 4) is 0 Å². The fourth-order valence-corrected chi connectivity index (χ4v) is 18.3. The molecule has 0 radical (unpaired) electrons. The number of benzene rings is 10. The topological polar surface area (TPSA) is 188 Å². The third-order valence-electron chi connectivity index (χ3n) is 25.1. The van der Waals surface area contributed by atoms with E-state index in [0.717, 1.165) is 88.1 Å². The normalized spacial score (nSPS) is 19.5. The van der Waals surface area contributed by atoms with E-state index in [4.69, 9.17) is 0 Å². The lowest BCUT2D eigenvalue weighted by Crippen LogP contribution is -2.53. The van der Waals surface area contributed by atoms with Crippen molar-refractivity contribution in [2.75, 3.05) is 151 Å². The maximum Gasteiger partial charge on any atom is 0.237 e. The Morgan fingerprint density at radius 2 is 0.311 bits per heavy atom. The van der Waals surface area contributed by atoms with Gasteiger partial charge in [0.05, 0.1) is 102 Å². The molecule has 0 spiro atoms. The lowest BCUT2D eigenvalue weighted by molar-refractivity contribution is -0.141. The number of fused-ring (bicyclic) bond motifs is 14. The second kappa shape index (κ2) is 43.2. The molecule has 2 fully saturated rings. The summed E-state index contributed by atoms with van der Waals surface area (Å²) in [5.74, 6) is -2.28. The van der Waals surface area contributed by atoms with Crippen molar-refractivity contribution in [2.45, 2.75) is 52.4 Å². The Morgan fingerprint density at radius 1 is 0.174 bits per heavy atom. The lowest BCUT2D eigenvalue weighted by atomic mass is 10.1. The quantitative estimate of drug-likeness (QED) is 0.0890. The van der Waals surface area contributed by atoms with Gasteiger partial charge in [-0.2, -0.15) is 0 Å². The smallest absolute Gasteiger partial charge is 0.237 e. The standard InChI is InChI=1S/C108H112N16O8/c125-97-73-109-74-99(127)115(67-87-33-13-3-14-34-87)59-60-116(68-88-35-15-4-16-36-88)100(128)76-110(75-98(126)114(66-86-31-11-2-12-32-86)58-57-113(97)65-85-29-9-1-10-30-85)82-122-54-27-47-95-51-52-96-48-28-56-124(108(96)107(95)122)84-112-79-103(131)119(71-91-41-21-7-22-42-91)63-61-117(69-89-37-17-5-18-38-89)101(129)77-111(83-123-55-26-46-94-50-49-93-45-25-53-121(81-109)105(93)106(94)123)78-102(130)118(70-90-39-19-6-20-40-90)62-64-120(104(132)80-112)72-92-43-23-8-24-44-92/h1-56H,57-84H2. The van der Waals surface area contributed by atoms with Crippen LogP contribution in [0.15, 0.2) is 316 Å². The van der Waals surface area contributed by atoms with E-state index in [1.807, 2.05) is 336 Å². The van der Waals surface area contributed by atoms with Crippen LogP contribution in [-0.4, -0.2) is 237 Å². The summed E-state index contributed by atoms with van der Waals surface area (Å²) in [6.45, 7) is -0.0948. The Morgan fingerprint density at radius 3 is 0.447 bits per heavy atom. The monoisotopic (exact) mass is 1760 g/mol. The zero-order chi connectivity index (χ0) is 90.5. The van der Waals surface area contributed by atoms with E-state index in [0.29, 0.717) is 0 Å². The van der Waals surface area contributed by atoms with E-state index in [-0.39, 0.29) is 231 Å². The Hall–Kier alpha value is -14.6. The van der Waals surface area contributed by atoms with Crippen LogP contribution in [0.2, 0.25) is 0 Å². The second-order valence-electron chi connectivity index (χ2n) is 34.7. The number of carbonyl (C=O) groups excluding carboxylic acids is 8. The van der Waals surface area contributed by atoms with Gasteiger partial charge in [-0.3, -0.25) is 58.0 Å². The number of rotatable bonds is 16. The molecule has 2 saturated heterocycles. The van der Waals surface area contributed by atoms with E-state index in [1.165, 1.54) is 0 Å². The number of hydrogen-bond acceptors (Lipinski definition) is 16. The van der Waals surface area contributed by atoms with Crippen molar-refractivity contribution < 1.29 is 38.4 Å². The number of nitrogens with zero attached hydrogens (tertiary/aromatic N) is 16. The predicted octanol–water partition coefficient (Wildman–Crippen LogP) is 9.15. The van der Waals surface area contributed by atoms with E-state index in [1.54, 1.807) is 39.2 Å². The summed E-state index contributed by atoms with van der Waals surface area (Å²) in [4.78, 5) is 161. The minimum atomic E-state index is -0.285. The highest BCUT2D eigenvalue weighted by molar-refractivity contribution is 5.88. The molecular formula is C108H112N16O8. The molecule has 8 aliphatic heterocycles. The highest BCUT2D eigenvalue weighted by Gasteiger charge is 2.36. The van der Waals surface area contributed by atoms with E-state index in [2.05, 4.69) is 43.9 Å². The molecule has 0 N–H and O–H groups in total. The van der Waals surface area contributed by atoms with Gasteiger partial charge in [-0.15, -0.1) is 0 Å². The number of allylic oxidation sites excluding steroid dienone is 4. The van der Waals surface area contributed by atoms with Crippen LogP contribution in [0.1, 0.15) is 44.5 Å². The van der Waals surface area contributed by atoms with Crippen molar-refractivity contribution in [3.63, 3.8) is 0 Å². The Bertz CT molecular complexity index is 5140. The van der Waals surface area contributed by atoms with Gasteiger partial charge in [0.25, 0.3) is 0 Å². The van der Waals surface area contributed by atoms with Gasteiger partial charge in [0.1, 0.15) is 0 Å². The molecule has 132 heavy (non-hydrogen) atoms. The van der Waals surface area contributed by atoms with Gasteiger partial charge < -0.3 is 58.8 Å². The van der Waals surface area contributed by atoms with Gasteiger partial charge >= 0.3 is 0 Å². The van der Waals surface area contributed by atoms with Gasteiger partial charge in [0.15, 0.2) is 0 Å². The first-order valence-electron chi connectivity index (χ1n) is 45.6. The van der Waals surface area contributed by atoms with Gasteiger partial charge in [0, 0.05) is 150 Å². The van der Waals surface area contributed by atoms with Crippen LogP contribution in [0.5, 0.6) is 0 Å². The summed E-state index contributed by atoms with van der Waals surface area (Å²) < 4.78 is 0. The first kappa shape index (κ1) is 89.4. The molecule has 24 heteroatoms. The minimum Gasteiger partial charge on any atom is -0.335 e. The molecule has 8 amide bonds. The second-order valence-corrected chi connectivity index (χ2v) is 34.7. The summed E-state index contributed by atoms with van der Waals surface area (Å²) >= 11 is 0. The molecule has 8 aliphatic rings. The first-order chi connectivity index (χ1) is 64.6. The van der Waals surface area contributed by atoms with Crippen molar-refractivity contribution in [1.29, 1.82) is 0 Å². The maximum absolute atomic E-state index is 16.4.